The highest BCUT2D eigenvalue weighted by atomic mass is 32.2. The van der Waals surface area contributed by atoms with Crippen molar-refractivity contribution in [2.75, 3.05) is 10.6 Å². The summed E-state index contributed by atoms with van der Waals surface area (Å²) in [5.41, 5.74) is 2.31. The topological polar surface area (TPSA) is 62.7 Å². The highest BCUT2D eigenvalue weighted by Gasteiger charge is 2.08. The van der Waals surface area contributed by atoms with Crippen molar-refractivity contribution in [1.29, 1.82) is 0 Å². The van der Waals surface area contributed by atoms with Crippen molar-refractivity contribution in [1.82, 2.24) is 15.0 Å². The number of rotatable bonds is 6. The van der Waals surface area contributed by atoms with Crippen LogP contribution in [0.2, 0.25) is 0 Å². The molecule has 5 nitrogen and oxygen atoms in total. The van der Waals surface area contributed by atoms with Crippen LogP contribution in [0.5, 0.6) is 0 Å². The van der Waals surface area contributed by atoms with Gasteiger partial charge in [-0.25, -0.2) is 9.37 Å². The molecule has 4 rings (SSSR count). The summed E-state index contributed by atoms with van der Waals surface area (Å²) in [4.78, 5) is 14.3. The van der Waals surface area contributed by atoms with Gasteiger partial charge in [0.05, 0.1) is 0 Å². The first kappa shape index (κ1) is 18.9. The Hall–Kier alpha value is -3.45. The molecule has 0 aliphatic carbocycles. The zero-order valence-electron chi connectivity index (χ0n) is 15.6. The minimum atomic E-state index is -0.301. The number of hydrogen-bond acceptors (Lipinski definition) is 6. The number of anilines is 4. The number of aryl methyl sites for hydroxylation is 1. The molecule has 0 saturated carbocycles. The minimum Gasteiger partial charge on any atom is -0.340 e. The Balaban J connectivity index is 1.51. The van der Waals surface area contributed by atoms with Crippen LogP contribution in [0.4, 0.5) is 27.5 Å². The Labute approximate surface area is 172 Å². The van der Waals surface area contributed by atoms with Gasteiger partial charge in [0.1, 0.15) is 11.6 Å². The molecule has 7 heteroatoms. The Morgan fingerprint density at radius 3 is 2.38 bits per heavy atom. The van der Waals surface area contributed by atoms with E-state index in [9.17, 15) is 4.39 Å². The Morgan fingerprint density at radius 2 is 1.62 bits per heavy atom. The fourth-order valence-electron chi connectivity index (χ4n) is 2.68. The molecule has 29 heavy (non-hydrogen) atoms. The number of pyridine rings is 1. The van der Waals surface area contributed by atoms with Crippen molar-refractivity contribution in [3.05, 3.63) is 90.6 Å². The number of aromatic nitrogens is 3. The fourth-order valence-corrected chi connectivity index (χ4v) is 3.49. The van der Waals surface area contributed by atoms with Gasteiger partial charge in [0.15, 0.2) is 0 Å². The average Bonchev–Trinajstić information content (AvgIpc) is 2.71. The van der Waals surface area contributed by atoms with E-state index in [1.807, 2.05) is 61.5 Å². The molecule has 2 heterocycles. The van der Waals surface area contributed by atoms with E-state index in [-0.39, 0.29) is 5.82 Å². The van der Waals surface area contributed by atoms with Crippen LogP contribution in [-0.2, 0) is 0 Å². The zero-order chi connectivity index (χ0) is 20.1. The quantitative estimate of drug-likeness (QED) is 0.414. The molecule has 2 aromatic carbocycles. The molecular weight excluding hydrogens is 385 g/mol. The summed E-state index contributed by atoms with van der Waals surface area (Å²) in [6.07, 6.45) is 3.38. The highest BCUT2D eigenvalue weighted by molar-refractivity contribution is 7.99. The van der Waals surface area contributed by atoms with Crippen molar-refractivity contribution in [2.45, 2.75) is 16.7 Å². The number of halogens is 1. The Kier molecular flexibility index (Phi) is 5.67. The predicted molar refractivity (Wildman–Crippen MR) is 115 cm³/mol. The van der Waals surface area contributed by atoms with Gasteiger partial charge >= 0.3 is 0 Å². The lowest BCUT2D eigenvalue weighted by Crippen LogP contribution is -2.02. The van der Waals surface area contributed by atoms with Crippen molar-refractivity contribution >= 4 is 34.9 Å². The van der Waals surface area contributed by atoms with Crippen molar-refractivity contribution in [3.63, 3.8) is 0 Å². The maximum Gasteiger partial charge on any atom is 0.229 e. The fraction of sp³-hybridized carbons (Fsp3) is 0.0455. The summed E-state index contributed by atoms with van der Waals surface area (Å²) >= 11 is 1.36. The van der Waals surface area contributed by atoms with Crippen LogP contribution in [-0.4, -0.2) is 15.0 Å². The second-order valence-corrected chi connectivity index (χ2v) is 7.38. The van der Waals surface area contributed by atoms with Crippen LogP contribution in [0.3, 0.4) is 0 Å². The van der Waals surface area contributed by atoms with Gasteiger partial charge in [-0.2, -0.15) is 4.98 Å². The maximum atomic E-state index is 14.6. The average molecular weight is 403 g/mol. The van der Waals surface area contributed by atoms with Gasteiger partial charge in [-0.15, -0.1) is 0 Å². The molecule has 4 aromatic rings. The van der Waals surface area contributed by atoms with E-state index in [1.54, 1.807) is 18.5 Å². The van der Waals surface area contributed by atoms with Gasteiger partial charge in [0.25, 0.3) is 0 Å². The summed E-state index contributed by atoms with van der Waals surface area (Å²) in [5.74, 6) is 0.763. The third kappa shape index (κ3) is 5.08. The number of para-hydroxylation sites is 1. The third-order valence-corrected chi connectivity index (χ3v) is 5.02. The third-order valence-electron chi connectivity index (χ3n) is 3.97. The molecule has 0 aliphatic heterocycles. The van der Waals surface area contributed by atoms with E-state index in [2.05, 4.69) is 25.6 Å². The highest BCUT2D eigenvalue weighted by Crippen LogP contribution is 2.31. The molecule has 0 bridgehead atoms. The lowest BCUT2D eigenvalue weighted by molar-refractivity contribution is 0.602. The van der Waals surface area contributed by atoms with Crippen LogP contribution in [0.25, 0.3) is 0 Å². The molecule has 0 saturated heterocycles. The van der Waals surface area contributed by atoms with Crippen LogP contribution < -0.4 is 10.6 Å². The molecule has 0 atom stereocenters. The summed E-state index contributed by atoms with van der Waals surface area (Å²) in [5, 5.41) is 6.33. The van der Waals surface area contributed by atoms with E-state index in [4.69, 9.17) is 0 Å². The van der Waals surface area contributed by atoms with Gasteiger partial charge < -0.3 is 10.6 Å². The molecule has 144 valence electrons. The van der Waals surface area contributed by atoms with E-state index >= 15 is 0 Å². The van der Waals surface area contributed by atoms with Crippen LogP contribution in [0, 0.1) is 12.7 Å². The van der Waals surface area contributed by atoms with Crippen LogP contribution >= 0.6 is 11.8 Å². The lowest BCUT2D eigenvalue weighted by atomic mass is 10.3. The molecule has 0 amide bonds. The van der Waals surface area contributed by atoms with E-state index < -0.39 is 0 Å². The predicted octanol–water partition coefficient (Wildman–Crippen LogP) is 5.96. The summed E-state index contributed by atoms with van der Waals surface area (Å²) < 4.78 is 14.6. The molecular formula is C22H18FN5S. The number of benzene rings is 2. The summed E-state index contributed by atoms with van der Waals surface area (Å²) in [6, 6.07) is 20.2. The van der Waals surface area contributed by atoms with Gasteiger partial charge in [0, 0.05) is 45.3 Å². The number of hydrogen-bond donors (Lipinski definition) is 2. The van der Waals surface area contributed by atoms with Gasteiger partial charge in [0.2, 0.25) is 5.95 Å². The van der Waals surface area contributed by atoms with Crippen molar-refractivity contribution in [2.24, 2.45) is 0 Å². The Bertz CT molecular complexity index is 1110. The second kappa shape index (κ2) is 8.70. The van der Waals surface area contributed by atoms with Crippen molar-refractivity contribution < 1.29 is 4.39 Å². The second-order valence-electron chi connectivity index (χ2n) is 6.26. The standard InChI is InChI=1S/C22H18FN5S/c1-15-13-21(28-22(25-15)27-16-5-3-2-4-6-16)26-17-7-8-20(19(23)14-17)29-18-9-11-24-12-10-18/h2-14H,1H3,(H2,25,26,27,28). The normalized spacial score (nSPS) is 10.6. The monoisotopic (exact) mass is 403 g/mol. The molecule has 0 spiro atoms. The van der Waals surface area contributed by atoms with Gasteiger partial charge in [-0.05, 0) is 49.4 Å². The molecule has 2 aromatic heterocycles. The molecule has 0 aliphatic rings. The number of nitrogens with one attached hydrogen (secondary N) is 2. The molecule has 2 N–H and O–H groups in total. The minimum absolute atomic E-state index is 0.301. The maximum absolute atomic E-state index is 14.6. The zero-order valence-corrected chi connectivity index (χ0v) is 16.4. The van der Waals surface area contributed by atoms with E-state index in [0.717, 1.165) is 16.3 Å². The van der Waals surface area contributed by atoms with Crippen molar-refractivity contribution in [3.8, 4) is 0 Å². The summed E-state index contributed by atoms with van der Waals surface area (Å²) in [7, 11) is 0. The van der Waals surface area contributed by atoms with Gasteiger partial charge in [-0.3, -0.25) is 4.98 Å². The Morgan fingerprint density at radius 1 is 0.828 bits per heavy atom. The first-order chi connectivity index (χ1) is 14.2. The lowest BCUT2D eigenvalue weighted by Gasteiger charge is -2.11. The smallest absolute Gasteiger partial charge is 0.229 e. The van der Waals surface area contributed by atoms with Gasteiger partial charge in [-0.1, -0.05) is 30.0 Å². The van der Waals surface area contributed by atoms with E-state index in [0.29, 0.717) is 22.3 Å². The molecule has 0 unspecified atom stereocenters. The number of nitrogens with zero attached hydrogens (tertiary/aromatic N) is 3. The first-order valence-corrected chi connectivity index (χ1v) is 9.79. The summed E-state index contributed by atoms with van der Waals surface area (Å²) in [6.45, 7) is 1.89. The van der Waals surface area contributed by atoms with Crippen LogP contribution in [0.1, 0.15) is 5.69 Å². The van der Waals surface area contributed by atoms with Crippen LogP contribution in [0.15, 0.2) is 88.9 Å². The SMILES string of the molecule is Cc1cc(Nc2ccc(Sc3ccncc3)c(F)c2)nc(Nc2ccccc2)n1. The largest absolute Gasteiger partial charge is 0.340 e. The van der Waals surface area contributed by atoms with E-state index in [1.165, 1.54) is 17.8 Å². The molecule has 0 fully saturated rings. The molecule has 0 radical (unpaired) electrons. The first-order valence-electron chi connectivity index (χ1n) is 8.98.